The van der Waals surface area contributed by atoms with Crippen LogP contribution in [0.2, 0.25) is 0 Å². The summed E-state index contributed by atoms with van der Waals surface area (Å²) in [5.74, 6) is 0.577. The summed E-state index contributed by atoms with van der Waals surface area (Å²) in [7, 11) is 1.53. The molecule has 1 N–H and O–H groups in total. The Balaban J connectivity index is 2.33. The van der Waals surface area contributed by atoms with Crippen molar-refractivity contribution in [2.45, 2.75) is 6.10 Å². The molecule has 2 aromatic carbocycles. The van der Waals surface area contributed by atoms with Crippen molar-refractivity contribution in [2.24, 2.45) is 0 Å². The third-order valence-electron chi connectivity index (χ3n) is 2.85. The molecule has 0 aliphatic carbocycles. The molecular weight excluding hydrogens is 246 g/mol. The Morgan fingerprint density at radius 2 is 1.79 bits per heavy atom. The van der Waals surface area contributed by atoms with Crippen LogP contribution in [0.15, 0.2) is 48.5 Å². The summed E-state index contributed by atoms with van der Waals surface area (Å²) in [6.45, 7) is 0. The van der Waals surface area contributed by atoms with Gasteiger partial charge in [0.2, 0.25) is 0 Å². The van der Waals surface area contributed by atoms with E-state index in [9.17, 15) is 15.2 Å². The molecule has 0 radical (unpaired) electrons. The first-order valence-electron chi connectivity index (χ1n) is 5.69. The summed E-state index contributed by atoms with van der Waals surface area (Å²) in [4.78, 5) is 10.1. The molecule has 5 nitrogen and oxygen atoms in total. The van der Waals surface area contributed by atoms with E-state index in [0.717, 1.165) is 0 Å². The first-order valence-corrected chi connectivity index (χ1v) is 5.69. The number of hydrogen-bond acceptors (Lipinski definition) is 4. The van der Waals surface area contributed by atoms with Gasteiger partial charge in [-0.15, -0.1) is 0 Å². The maximum atomic E-state index is 10.6. The van der Waals surface area contributed by atoms with Crippen LogP contribution in [-0.2, 0) is 0 Å². The number of nitrogens with zero attached hydrogens (tertiary/aromatic N) is 1. The van der Waals surface area contributed by atoms with Crippen molar-refractivity contribution in [1.82, 2.24) is 0 Å². The van der Waals surface area contributed by atoms with Crippen LogP contribution in [0.1, 0.15) is 17.2 Å². The summed E-state index contributed by atoms with van der Waals surface area (Å²) in [5, 5.41) is 20.9. The third kappa shape index (κ3) is 2.71. The van der Waals surface area contributed by atoms with Crippen LogP contribution < -0.4 is 4.74 Å². The number of benzene rings is 2. The number of aliphatic hydroxyl groups excluding tert-OH is 1. The van der Waals surface area contributed by atoms with Gasteiger partial charge in [0.25, 0.3) is 5.69 Å². The zero-order valence-corrected chi connectivity index (χ0v) is 10.3. The van der Waals surface area contributed by atoms with Crippen molar-refractivity contribution in [1.29, 1.82) is 0 Å². The molecule has 0 unspecified atom stereocenters. The summed E-state index contributed by atoms with van der Waals surface area (Å²) in [6, 6.07) is 12.9. The zero-order valence-electron chi connectivity index (χ0n) is 10.3. The fraction of sp³-hybridized carbons (Fsp3) is 0.143. The molecule has 98 valence electrons. The number of non-ortho nitro benzene ring substituents is 1. The monoisotopic (exact) mass is 259 g/mol. The number of rotatable bonds is 4. The Labute approximate surface area is 110 Å². The molecule has 0 aliphatic heterocycles. The van der Waals surface area contributed by atoms with Crippen LogP contribution in [0.4, 0.5) is 5.69 Å². The van der Waals surface area contributed by atoms with Crippen molar-refractivity contribution in [3.05, 3.63) is 69.8 Å². The number of nitro groups is 1. The van der Waals surface area contributed by atoms with Crippen LogP contribution in [0.25, 0.3) is 0 Å². The lowest BCUT2D eigenvalue weighted by Crippen LogP contribution is -2.02. The Morgan fingerprint density at radius 3 is 2.37 bits per heavy atom. The summed E-state index contributed by atoms with van der Waals surface area (Å²) >= 11 is 0. The highest BCUT2D eigenvalue weighted by Crippen LogP contribution is 2.30. The summed E-state index contributed by atoms with van der Waals surface area (Å²) in [6.07, 6.45) is -0.878. The molecule has 0 fully saturated rings. The molecule has 0 amide bonds. The fourth-order valence-corrected chi connectivity index (χ4v) is 1.85. The van der Waals surface area contributed by atoms with Gasteiger partial charge in [-0.25, -0.2) is 0 Å². The Kier molecular flexibility index (Phi) is 3.77. The summed E-state index contributed by atoms with van der Waals surface area (Å²) < 4.78 is 5.18. The van der Waals surface area contributed by atoms with Gasteiger partial charge in [0.15, 0.2) is 0 Å². The molecule has 1 atom stereocenters. The number of ether oxygens (including phenoxy) is 1. The predicted octanol–water partition coefficient (Wildman–Crippen LogP) is 2.69. The quantitative estimate of drug-likeness (QED) is 0.676. The Bertz CT molecular complexity index is 580. The maximum absolute atomic E-state index is 10.6. The molecule has 5 heteroatoms. The largest absolute Gasteiger partial charge is 0.496 e. The lowest BCUT2D eigenvalue weighted by atomic mass is 10.0. The van der Waals surface area contributed by atoms with Crippen LogP contribution in [0.3, 0.4) is 0 Å². The summed E-state index contributed by atoms with van der Waals surface area (Å²) in [5.41, 5.74) is 1.20. The first-order chi connectivity index (χ1) is 9.13. The minimum atomic E-state index is -0.878. The smallest absolute Gasteiger partial charge is 0.269 e. The molecule has 19 heavy (non-hydrogen) atoms. The third-order valence-corrected chi connectivity index (χ3v) is 2.85. The van der Waals surface area contributed by atoms with E-state index in [1.165, 1.54) is 31.4 Å². The molecule has 0 saturated carbocycles. The molecule has 0 saturated heterocycles. The van der Waals surface area contributed by atoms with Gasteiger partial charge < -0.3 is 9.84 Å². The molecule has 0 spiro atoms. The van der Waals surface area contributed by atoms with Crippen molar-refractivity contribution in [2.75, 3.05) is 7.11 Å². The van der Waals surface area contributed by atoms with Gasteiger partial charge >= 0.3 is 0 Å². The van der Waals surface area contributed by atoms with Crippen LogP contribution in [0.5, 0.6) is 5.75 Å². The van der Waals surface area contributed by atoms with Crippen LogP contribution in [-0.4, -0.2) is 17.1 Å². The van der Waals surface area contributed by atoms with E-state index in [2.05, 4.69) is 0 Å². The van der Waals surface area contributed by atoms with Gasteiger partial charge in [-0.3, -0.25) is 10.1 Å². The van der Waals surface area contributed by atoms with Gasteiger partial charge in [-0.1, -0.05) is 18.2 Å². The lowest BCUT2D eigenvalue weighted by molar-refractivity contribution is -0.384. The highest BCUT2D eigenvalue weighted by atomic mass is 16.6. The molecular formula is C14H13NO4. The SMILES string of the molecule is COc1ccccc1[C@@H](O)c1ccc([N+](=O)[O-])cc1. The maximum Gasteiger partial charge on any atom is 0.269 e. The lowest BCUT2D eigenvalue weighted by Gasteiger charge is -2.14. The van der Waals surface area contributed by atoms with Gasteiger partial charge in [-0.05, 0) is 23.8 Å². The van der Waals surface area contributed by atoms with Gasteiger partial charge in [-0.2, -0.15) is 0 Å². The highest BCUT2D eigenvalue weighted by molar-refractivity contribution is 5.42. The Hall–Kier alpha value is -2.40. The van der Waals surface area contributed by atoms with Crippen molar-refractivity contribution >= 4 is 5.69 Å². The number of nitro benzene ring substituents is 1. The molecule has 0 aromatic heterocycles. The van der Waals surface area contributed by atoms with Gasteiger partial charge in [0, 0.05) is 17.7 Å². The molecule has 0 bridgehead atoms. The van der Waals surface area contributed by atoms with Gasteiger partial charge in [0.05, 0.1) is 12.0 Å². The van der Waals surface area contributed by atoms with E-state index in [4.69, 9.17) is 4.74 Å². The first kappa shape index (κ1) is 13.0. The molecule has 2 rings (SSSR count). The van der Waals surface area contributed by atoms with E-state index >= 15 is 0 Å². The average molecular weight is 259 g/mol. The van der Waals surface area contributed by atoms with Crippen LogP contribution >= 0.6 is 0 Å². The molecule has 0 aliphatic rings. The normalized spacial score (nSPS) is 11.9. The molecule has 2 aromatic rings. The van der Waals surface area contributed by atoms with Gasteiger partial charge in [0.1, 0.15) is 11.9 Å². The highest BCUT2D eigenvalue weighted by Gasteiger charge is 2.16. The Morgan fingerprint density at radius 1 is 1.16 bits per heavy atom. The van der Waals surface area contributed by atoms with Crippen LogP contribution in [0, 0.1) is 10.1 Å². The van der Waals surface area contributed by atoms with E-state index in [1.54, 1.807) is 18.2 Å². The second-order valence-corrected chi connectivity index (χ2v) is 3.99. The zero-order chi connectivity index (χ0) is 13.8. The van der Waals surface area contributed by atoms with Crippen molar-refractivity contribution < 1.29 is 14.8 Å². The van der Waals surface area contributed by atoms with E-state index in [-0.39, 0.29) is 5.69 Å². The average Bonchev–Trinajstić information content (AvgIpc) is 2.46. The number of methoxy groups -OCH3 is 1. The number of para-hydroxylation sites is 1. The minimum Gasteiger partial charge on any atom is -0.496 e. The minimum absolute atomic E-state index is 0.00373. The number of aliphatic hydroxyl groups is 1. The van der Waals surface area contributed by atoms with Crippen molar-refractivity contribution in [3.8, 4) is 5.75 Å². The second-order valence-electron chi connectivity index (χ2n) is 3.99. The van der Waals surface area contributed by atoms with E-state index < -0.39 is 11.0 Å². The topological polar surface area (TPSA) is 72.6 Å². The van der Waals surface area contributed by atoms with E-state index in [0.29, 0.717) is 16.9 Å². The molecule has 0 heterocycles. The van der Waals surface area contributed by atoms with Crippen molar-refractivity contribution in [3.63, 3.8) is 0 Å². The number of hydrogen-bond donors (Lipinski definition) is 1. The second kappa shape index (κ2) is 5.49. The predicted molar refractivity (Wildman–Crippen MR) is 70.2 cm³/mol. The fourth-order valence-electron chi connectivity index (χ4n) is 1.85. The standard InChI is InChI=1S/C14H13NO4/c1-19-13-5-3-2-4-12(13)14(16)10-6-8-11(9-7-10)15(17)18/h2-9,14,16H,1H3/t14-/m0/s1. The van der Waals surface area contributed by atoms with E-state index in [1.807, 2.05) is 6.07 Å².